The second kappa shape index (κ2) is 9.97. The molecule has 2 aromatic rings. The number of hydrogen-bond donors (Lipinski definition) is 1. The molecule has 0 bridgehead atoms. The van der Waals surface area contributed by atoms with E-state index in [1.807, 2.05) is 55.5 Å². The molecule has 0 atom stereocenters. The fourth-order valence-electron chi connectivity index (χ4n) is 4.04. The Morgan fingerprint density at radius 2 is 1.69 bits per heavy atom. The number of methoxy groups -OCH3 is 1. The first-order chi connectivity index (χ1) is 15.6. The van der Waals surface area contributed by atoms with Crippen LogP contribution < -0.4 is 10.1 Å². The van der Waals surface area contributed by atoms with Crippen molar-refractivity contribution in [3.8, 4) is 5.75 Å². The van der Waals surface area contributed by atoms with Crippen molar-refractivity contribution in [3.63, 3.8) is 0 Å². The summed E-state index contributed by atoms with van der Waals surface area (Å²) in [5, 5.41) is 3.19. The first-order valence-electron chi connectivity index (χ1n) is 11.0. The van der Waals surface area contributed by atoms with E-state index in [1.54, 1.807) is 7.11 Å². The zero-order valence-corrected chi connectivity index (χ0v) is 18.6. The minimum Gasteiger partial charge on any atom is -0.495 e. The smallest absolute Gasteiger partial charge is 0.278 e. The molecule has 1 saturated heterocycles. The summed E-state index contributed by atoms with van der Waals surface area (Å²) in [7, 11) is 1.58. The highest BCUT2D eigenvalue weighted by Crippen LogP contribution is 2.33. The van der Waals surface area contributed by atoms with Gasteiger partial charge >= 0.3 is 0 Å². The second-order valence-corrected chi connectivity index (χ2v) is 8.01. The van der Waals surface area contributed by atoms with Crippen LogP contribution in [0.3, 0.4) is 0 Å². The molecular formula is C25H29N3O4. The third-order valence-corrected chi connectivity index (χ3v) is 5.83. The third kappa shape index (κ3) is 4.69. The predicted octanol–water partition coefficient (Wildman–Crippen LogP) is 2.92. The standard InChI is InChI=1S/C25H29N3O4/c1-18-8-10-19(11-9-18)22-23(26-20-6-3-4-7-21(20)31-2)25(30)28(24(22)29)13-5-12-27-14-16-32-17-15-27/h3-4,6-11,26H,5,12-17H2,1-2H3. The SMILES string of the molecule is COc1ccccc1NC1=C(c2ccc(C)cc2)C(=O)N(CCCN2CCOCC2)C1=O. The molecule has 2 amide bonds. The van der Waals surface area contributed by atoms with Crippen molar-refractivity contribution in [2.45, 2.75) is 13.3 Å². The van der Waals surface area contributed by atoms with Gasteiger partial charge in [-0.25, -0.2) is 0 Å². The number of imide groups is 1. The Morgan fingerprint density at radius 1 is 0.969 bits per heavy atom. The lowest BCUT2D eigenvalue weighted by atomic mass is 10.0. The molecule has 0 aliphatic carbocycles. The Morgan fingerprint density at radius 3 is 2.41 bits per heavy atom. The Labute approximate surface area is 188 Å². The number of benzene rings is 2. The number of nitrogens with one attached hydrogen (secondary N) is 1. The highest BCUT2D eigenvalue weighted by Gasteiger charge is 2.39. The lowest BCUT2D eigenvalue weighted by Gasteiger charge is -2.27. The molecule has 4 rings (SSSR count). The highest BCUT2D eigenvalue weighted by atomic mass is 16.5. The summed E-state index contributed by atoms with van der Waals surface area (Å²) in [5.74, 6) is 0.0333. The fraction of sp³-hybridized carbons (Fsp3) is 0.360. The number of amides is 2. The van der Waals surface area contributed by atoms with Crippen LogP contribution >= 0.6 is 0 Å². The number of hydrogen-bond acceptors (Lipinski definition) is 6. The highest BCUT2D eigenvalue weighted by molar-refractivity contribution is 6.36. The van der Waals surface area contributed by atoms with Gasteiger partial charge in [0.05, 0.1) is 31.6 Å². The van der Waals surface area contributed by atoms with E-state index < -0.39 is 0 Å². The molecule has 0 spiro atoms. The fourth-order valence-corrected chi connectivity index (χ4v) is 4.04. The van der Waals surface area contributed by atoms with Crippen molar-refractivity contribution in [1.82, 2.24) is 9.80 Å². The molecule has 2 aromatic carbocycles. The van der Waals surface area contributed by atoms with E-state index in [0.717, 1.165) is 50.4 Å². The van der Waals surface area contributed by atoms with Gasteiger partial charge in [0.15, 0.2) is 0 Å². The van der Waals surface area contributed by atoms with E-state index in [0.29, 0.717) is 23.6 Å². The third-order valence-electron chi connectivity index (χ3n) is 5.83. The van der Waals surface area contributed by atoms with Crippen LogP contribution in [0.1, 0.15) is 17.5 Å². The van der Waals surface area contributed by atoms with Crippen LogP contribution in [0, 0.1) is 6.92 Å². The van der Waals surface area contributed by atoms with Crippen molar-refractivity contribution in [3.05, 3.63) is 65.4 Å². The maximum absolute atomic E-state index is 13.4. The second-order valence-electron chi connectivity index (χ2n) is 8.01. The van der Waals surface area contributed by atoms with Crippen LogP contribution in [0.2, 0.25) is 0 Å². The summed E-state index contributed by atoms with van der Waals surface area (Å²) in [4.78, 5) is 30.4. The first kappa shape index (κ1) is 22.0. The number of carbonyl (C=O) groups excluding carboxylic acids is 2. The van der Waals surface area contributed by atoms with E-state index in [1.165, 1.54) is 4.90 Å². The summed E-state index contributed by atoms with van der Waals surface area (Å²) in [6.07, 6.45) is 0.723. The Hall–Kier alpha value is -3.16. The Kier molecular flexibility index (Phi) is 6.87. The molecule has 2 heterocycles. The zero-order valence-electron chi connectivity index (χ0n) is 18.6. The average molecular weight is 436 g/mol. The number of nitrogens with zero attached hydrogens (tertiary/aromatic N) is 2. The zero-order chi connectivity index (χ0) is 22.5. The van der Waals surface area contributed by atoms with E-state index in [2.05, 4.69) is 10.2 Å². The Bertz CT molecular complexity index is 1010. The minimum atomic E-state index is -0.307. The maximum atomic E-state index is 13.4. The van der Waals surface area contributed by atoms with Crippen LogP contribution in [0.5, 0.6) is 5.75 Å². The van der Waals surface area contributed by atoms with Gasteiger partial charge in [-0.2, -0.15) is 0 Å². The normalized spacial score (nSPS) is 17.2. The summed E-state index contributed by atoms with van der Waals surface area (Å²) in [6.45, 7) is 6.43. The molecule has 7 nitrogen and oxygen atoms in total. The monoisotopic (exact) mass is 435 g/mol. The maximum Gasteiger partial charge on any atom is 0.278 e. The largest absolute Gasteiger partial charge is 0.495 e. The molecule has 2 aliphatic heterocycles. The van der Waals surface area contributed by atoms with Gasteiger partial charge in [0.1, 0.15) is 11.4 Å². The van der Waals surface area contributed by atoms with Crippen molar-refractivity contribution in [2.75, 3.05) is 51.8 Å². The van der Waals surface area contributed by atoms with Crippen molar-refractivity contribution in [2.24, 2.45) is 0 Å². The number of carbonyl (C=O) groups is 2. The number of rotatable bonds is 8. The van der Waals surface area contributed by atoms with Gasteiger partial charge in [-0.1, -0.05) is 42.0 Å². The molecule has 32 heavy (non-hydrogen) atoms. The lowest BCUT2D eigenvalue weighted by molar-refractivity contribution is -0.136. The van der Waals surface area contributed by atoms with Gasteiger partial charge < -0.3 is 14.8 Å². The van der Waals surface area contributed by atoms with Crippen molar-refractivity contribution >= 4 is 23.1 Å². The van der Waals surface area contributed by atoms with Crippen LogP contribution in [0.15, 0.2) is 54.2 Å². The number of morpholine rings is 1. The number of ether oxygens (including phenoxy) is 2. The first-order valence-corrected chi connectivity index (χ1v) is 11.0. The molecule has 1 N–H and O–H groups in total. The van der Waals surface area contributed by atoms with E-state index in [-0.39, 0.29) is 17.5 Å². The number of anilines is 1. The van der Waals surface area contributed by atoms with Gasteiger partial charge in [0, 0.05) is 26.2 Å². The van der Waals surface area contributed by atoms with E-state index >= 15 is 0 Å². The molecule has 0 aromatic heterocycles. The molecule has 0 radical (unpaired) electrons. The molecule has 0 unspecified atom stereocenters. The van der Waals surface area contributed by atoms with Crippen LogP contribution in [-0.2, 0) is 14.3 Å². The summed E-state index contributed by atoms with van der Waals surface area (Å²) >= 11 is 0. The molecule has 168 valence electrons. The van der Waals surface area contributed by atoms with Gasteiger partial charge in [0.2, 0.25) is 0 Å². The van der Waals surface area contributed by atoms with Gasteiger partial charge in [-0.15, -0.1) is 0 Å². The summed E-state index contributed by atoms with van der Waals surface area (Å²) < 4.78 is 10.8. The van der Waals surface area contributed by atoms with E-state index in [4.69, 9.17) is 9.47 Å². The van der Waals surface area contributed by atoms with Gasteiger partial charge in [-0.3, -0.25) is 19.4 Å². The topological polar surface area (TPSA) is 71.1 Å². The molecule has 1 fully saturated rings. The molecular weight excluding hydrogens is 406 g/mol. The predicted molar refractivity (Wildman–Crippen MR) is 123 cm³/mol. The Balaban J connectivity index is 1.58. The van der Waals surface area contributed by atoms with E-state index in [9.17, 15) is 9.59 Å². The number of para-hydroxylation sites is 2. The summed E-state index contributed by atoms with van der Waals surface area (Å²) in [6, 6.07) is 15.0. The molecule has 7 heteroatoms. The van der Waals surface area contributed by atoms with Crippen LogP contribution in [-0.4, -0.2) is 68.1 Å². The lowest BCUT2D eigenvalue weighted by Crippen LogP contribution is -2.39. The average Bonchev–Trinajstić information content (AvgIpc) is 3.05. The van der Waals surface area contributed by atoms with Crippen molar-refractivity contribution in [1.29, 1.82) is 0 Å². The minimum absolute atomic E-state index is 0.266. The number of aryl methyl sites for hydroxylation is 1. The van der Waals surface area contributed by atoms with Crippen LogP contribution in [0.4, 0.5) is 5.69 Å². The molecule has 2 aliphatic rings. The van der Waals surface area contributed by atoms with Crippen molar-refractivity contribution < 1.29 is 19.1 Å². The van der Waals surface area contributed by atoms with Gasteiger partial charge in [0.25, 0.3) is 11.8 Å². The van der Waals surface area contributed by atoms with Gasteiger partial charge in [-0.05, 0) is 31.0 Å². The molecule has 0 saturated carbocycles. The summed E-state index contributed by atoms with van der Waals surface area (Å²) in [5.41, 5.74) is 3.14. The quantitative estimate of drug-likeness (QED) is 0.643. The van der Waals surface area contributed by atoms with Crippen LogP contribution in [0.25, 0.3) is 5.57 Å².